The van der Waals surface area contributed by atoms with Gasteiger partial charge in [-0.25, -0.2) is 9.07 Å². The molecule has 4 aromatic rings. The van der Waals surface area contributed by atoms with Crippen molar-refractivity contribution in [1.82, 2.24) is 15.1 Å². The van der Waals surface area contributed by atoms with E-state index in [-0.39, 0.29) is 11.9 Å². The molecule has 1 heterocycles. The van der Waals surface area contributed by atoms with Crippen LogP contribution in [0, 0.1) is 5.82 Å². The van der Waals surface area contributed by atoms with Crippen LogP contribution in [0.25, 0.3) is 16.6 Å². The number of aliphatic hydroxyl groups excluding tert-OH is 1. The minimum Gasteiger partial charge on any atom is -0.497 e. The molecule has 4 rings (SSSR count). The van der Waals surface area contributed by atoms with Crippen LogP contribution in [-0.2, 0) is 4.79 Å². The molecule has 7 nitrogen and oxygen atoms in total. The number of hydrogen-bond donors (Lipinski definition) is 2. The van der Waals surface area contributed by atoms with E-state index in [0.717, 1.165) is 22.2 Å². The predicted octanol–water partition coefficient (Wildman–Crippen LogP) is 4.18. The smallest absolute Gasteiger partial charge is 0.246 e. The third-order valence-electron chi connectivity index (χ3n) is 5.59. The number of carbonyl (C=O) groups is 1. The third-order valence-corrected chi connectivity index (χ3v) is 5.59. The fourth-order valence-electron chi connectivity index (χ4n) is 3.86. The first-order chi connectivity index (χ1) is 16.5. The highest BCUT2D eigenvalue weighted by Crippen LogP contribution is 2.31. The lowest BCUT2D eigenvalue weighted by Crippen LogP contribution is -2.42. The van der Waals surface area contributed by atoms with E-state index < -0.39 is 18.6 Å². The fourth-order valence-corrected chi connectivity index (χ4v) is 3.86. The molecule has 2 unspecified atom stereocenters. The summed E-state index contributed by atoms with van der Waals surface area (Å²) < 4.78 is 26.8. The third kappa shape index (κ3) is 5.02. The van der Waals surface area contributed by atoms with E-state index in [0.29, 0.717) is 17.9 Å². The number of carbonyl (C=O) groups excluding carboxylic acids is 1. The van der Waals surface area contributed by atoms with Gasteiger partial charge in [0.15, 0.2) is 0 Å². The summed E-state index contributed by atoms with van der Waals surface area (Å²) in [5.74, 6) is 0.485. The van der Waals surface area contributed by atoms with Gasteiger partial charge in [0.1, 0.15) is 30.0 Å². The Kier molecular flexibility index (Phi) is 7.08. The molecule has 0 bridgehead atoms. The summed E-state index contributed by atoms with van der Waals surface area (Å²) in [7, 11) is 1.59. The Morgan fingerprint density at radius 2 is 1.91 bits per heavy atom. The van der Waals surface area contributed by atoms with Gasteiger partial charge in [-0.05, 0) is 66.6 Å². The highest BCUT2D eigenvalue weighted by molar-refractivity contribution is 5.81. The van der Waals surface area contributed by atoms with Gasteiger partial charge in [-0.1, -0.05) is 19.1 Å². The van der Waals surface area contributed by atoms with Gasteiger partial charge >= 0.3 is 0 Å². The lowest BCUT2D eigenvalue weighted by molar-refractivity contribution is -0.125. The maximum absolute atomic E-state index is 13.3. The summed E-state index contributed by atoms with van der Waals surface area (Å²) in [5.41, 5.74) is 2.42. The number of hydrogen-bond acceptors (Lipinski definition) is 5. The number of amides is 1. The maximum Gasteiger partial charge on any atom is 0.246 e. The largest absolute Gasteiger partial charge is 0.497 e. The first-order valence-electron chi connectivity index (χ1n) is 11.0. The second kappa shape index (κ2) is 10.4. The lowest BCUT2D eigenvalue weighted by atomic mass is 9.99. The minimum absolute atomic E-state index is 0.307. The minimum atomic E-state index is -0.601. The molecule has 0 aliphatic heterocycles. The lowest BCUT2D eigenvalue weighted by Gasteiger charge is -2.28. The molecule has 34 heavy (non-hydrogen) atoms. The number of fused-ring (bicyclic) bond motifs is 1. The molecule has 0 fully saturated rings. The molecular weight excluding hydrogens is 437 g/mol. The normalized spacial score (nSPS) is 12.8. The predicted molar refractivity (Wildman–Crippen MR) is 127 cm³/mol. The van der Waals surface area contributed by atoms with Gasteiger partial charge in [0.05, 0.1) is 30.6 Å². The van der Waals surface area contributed by atoms with Gasteiger partial charge in [0.25, 0.3) is 0 Å². The molecule has 2 atom stereocenters. The zero-order valence-electron chi connectivity index (χ0n) is 18.9. The van der Waals surface area contributed by atoms with E-state index in [4.69, 9.17) is 9.47 Å². The van der Waals surface area contributed by atoms with Crippen LogP contribution < -0.4 is 14.8 Å². The number of ether oxygens (including phenoxy) is 2. The number of halogens is 1. The Morgan fingerprint density at radius 1 is 1.12 bits per heavy atom. The van der Waals surface area contributed by atoms with Crippen molar-refractivity contribution >= 4 is 16.8 Å². The number of rotatable bonds is 9. The van der Waals surface area contributed by atoms with Gasteiger partial charge in [0, 0.05) is 5.39 Å². The molecule has 0 saturated carbocycles. The number of nitrogens with one attached hydrogen (secondary N) is 1. The summed E-state index contributed by atoms with van der Waals surface area (Å²) in [6.45, 7) is 1.34. The van der Waals surface area contributed by atoms with Crippen LogP contribution >= 0.6 is 0 Å². The molecule has 0 aliphatic carbocycles. The van der Waals surface area contributed by atoms with Crippen LogP contribution in [0.3, 0.4) is 0 Å². The maximum atomic E-state index is 13.3. The number of methoxy groups -OCH3 is 1. The first kappa shape index (κ1) is 23.3. The van der Waals surface area contributed by atoms with Gasteiger partial charge < -0.3 is 19.9 Å². The van der Waals surface area contributed by atoms with E-state index in [1.54, 1.807) is 30.1 Å². The zero-order chi connectivity index (χ0) is 24.1. The van der Waals surface area contributed by atoms with Crippen LogP contribution in [0.1, 0.15) is 25.0 Å². The van der Waals surface area contributed by atoms with E-state index >= 15 is 0 Å². The second-order valence-electron chi connectivity index (χ2n) is 7.81. The average Bonchev–Trinajstić information content (AvgIpc) is 3.29. The molecule has 1 aromatic heterocycles. The monoisotopic (exact) mass is 463 g/mol. The Bertz CT molecular complexity index is 1270. The number of nitrogens with zero attached hydrogens (tertiary/aromatic N) is 2. The van der Waals surface area contributed by atoms with Crippen LogP contribution in [0.2, 0.25) is 0 Å². The van der Waals surface area contributed by atoms with E-state index in [1.807, 2.05) is 49.4 Å². The number of aliphatic hydroxyl groups is 1. The van der Waals surface area contributed by atoms with Crippen LogP contribution in [0.4, 0.5) is 4.39 Å². The van der Waals surface area contributed by atoms with Crippen LogP contribution in [0.15, 0.2) is 72.9 Å². The molecule has 0 radical (unpaired) electrons. The summed E-state index contributed by atoms with van der Waals surface area (Å²) in [4.78, 5) is 11.9. The van der Waals surface area contributed by atoms with Gasteiger partial charge in [-0.2, -0.15) is 5.10 Å². The fraction of sp³-hybridized carbons (Fsp3) is 0.231. The highest BCUT2D eigenvalue weighted by Gasteiger charge is 2.26. The van der Waals surface area contributed by atoms with E-state index in [1.165, 1.54) is 12.1 Å². The van der Waals surface area contributed by atoms with Gasteiger partial charge in [-0.3, -0.25) is 4.79 Å². The molecule has 3 aromatic carbocycles. The molecule has 0 saturated heterocycles. The first-order valence-corrected chi connectivity index (χ1v) is 11.0. The van der Waals surface area contributed by atoms with Crippen molar-refractivity contribution < 1.29 is 23.8 Å². The molecule has 0 spiro atoms. The van der Waals surface area contributed by atoms with Crippen molar-refractivity contribution in [3.8, 4) is 17.2 Å². The Hall–Kier alpha value is -3.91. The Labute approximate surface area is 196 Å². The van der Waals surface area contributed by atoms with Crippen molar-refractivity contribution in [2.24, 2.45) is 0 Å². The van der Waals surface area contributed by atoms with Crippen LogP contribution in [-0.4, -0.2) is 40.6 Å². The number of benzene rings is 3. The van der Waals surface area contributed by atoms with E-state index in [2.05, 4.69) is 10.4 Å². The topological polar surface area (TPSA) is 85.6 Å². The zero-order valence-corrected chi connectivity index (χ0v) is 18.9. The molecular formula is C26H26FN3O4. The summed E-state index contributed by atoms with van der Waals surface area (Å²) in [6, 6.07) is 18.8. The second-order valence-corrected chi connectivity index (χ2v) is 7.81. The van der Waals surface area contributed by atoms with Crippen molar-refractivity contribution in [3.05, 3.63) is 84.3 Å². The van der Waals surface area contributed by atoms with Crippen molar-refractivity contribution in [3.63, 3.8) is 0 Å². The summed E-state index contributed by atoms with van der Waals surface area (Å²) in [5, 5.41) is 17.3. The Morgan fingerprint density at radius 3 is 2.62 bits per heavy atom. The molecule has 1 amide bonds. The van der Waals surface area contributed by atoms with Gasteiger partial charge in [-0.15, -0.1) is 0 Å². The molecule has 0 aliphatic rings. The van der Waals surface area contributed by atoms with E-state index in [9.17, 15) is 14.3 Å². The van der Waals surface area contributed by atoms with Crippen molar-refractivity contribution in [2.45, 2.75) is 25.5 Å². The number of aromatic nitrogens is 2. The molecule has 2 N–H and O–H groups in total. The molecule has 8 heteroatoms. The summed E-state index contributed by atoms with van der Waals surface area (Å²) in [6.07, 6.45) is 1.77. The summed E-state index contributed by atoms with van der Waals surface area (Å²) >= 11 is 0. The Balaban J connectivity index is 1.67. The standard InChI is InChI=1S/C26H26FN3O4/c1-3-23(29-25(32)16-31)26(17-5-4-6-21(13-17)33-2)34-22-11-12-24-18(14-22)15-28-30(24)20-9-7-19(27)8-10-20/h4-15,23,26,31H,3,16H2,1-2H3,(H,29,32). The highest BCUT2D eigenvalue weighted by atomic mass is 19.1. The quantitative estimate of drug-likeness (QED) is 0.389. The van der Waals surface area contributed by atoms with Crippen molar-refractivity contribution in [2.75, 3.05) is 13.7 Å². The molecule has 176 valence electrons. The average molecular weight is 464 g/mol. The van der Waals surface area contributed by atoms with Crippen molar-refractivity contribution in [1.29, 1.82) is 0 Å². The van der Waals surface area contributed by atoms with Crippen LogP contribution in [0.5, 0.6) is 11.5 Å². The van der Waals surface area contributed by atoms with Gasteiger partial charge in [0.2, 0.25) is 5.91 Å². The SMILES string of the molecule is CCC(NC(=O)CO)C(Oc1ccc2c(cnn2-c2ccc(F)cc2)c1)c1cccc(OC)c1.